The van der Waals surface area contributed by atoms with Crippen molar-refractivity contribution in [2.45, 2.75) is 45.8 Å². The molecule has 0 aromatic heterocycles. The minimum atomic E-state index is 0.0668. The Balaban J connectivity index is 2.10. The first-order valence-corrected chi connectivity index (χ1v) is 7.98. The van der Waals surface area contributed by atoms with Gasteiger partial charge in [-0.3, -0.25) is 0 Å². The zero-order valence-corrected chi connectivity index (χ0v) is 14.1. The molecule has 0 saturated carbocycles. The molecule has 22 heavy (non-hydrogen) atoms. The number of aryl methyl sites for hydroxylation is 1. The van der Waals surface area contributed by atoms with Gasteiger partial charge in [-0.05, 0) is 51.4 Å². The van der Waals surface area contributed by atoms with E-state index in [0.29, 0.717) is 0 Å². The van der Waals surface area contributed by atoms with E-state index in [1.165, 1.54) is 11.1 Å². The van der Waals surface area contributed by atoms with Gasteiger partial charge in [0.15, 0.2) is 0 Å². The number of ether oxygens (including phenoxy) is 1. The van der Waals surface area contributed by atoms with Crippen LogP contribution in [0.3, 0.4) is 0 Å². The number of hydrogen-bond acceptors (Lipinski definition) is 2. The van der Waals surface area contributed by atoms with Crippen LogP contribution in [0.2, 0.25) is 0 Å². The molecule has 118 valence electrons. The molecular weight excluding hydrogens is 270 g/mol. The van der Waals surface area contributed by atoms with Crippen LogP contribution in [0.15, 0.2) is 54.6 Å². The molecule has 0 heterocycles. The maximum atomic E-state index is 6.31. The number of rotatable bonds is 6. The van der Waals surface area contributed by atoms with E-state index >= 15 is 0 Å². The van der Waals surface area contributed by atoms with E-state index in [2.05, 4.69) is 63.3 Å². The fourth-order valence-electron chi connectivity index (χ4n) is 2.38. The van der Waals surface area contributed by atoms with Crippen LogP contribution in [0.1, 0.15) is 44.4 Å². The van der Waals surface area contributed by atoms with Crippen LogP contribution in [-0.2, 0) is 0 Å². The van der Waals surface area contributed by atoms with E-state index in [1.807, 2.05) is 24.3 Å². The van der Waals surface area contributed by atoms with Crippen LogP contribution in [0.4, 0.5) is 0 Å². The molecule has 2 heteroatoms. The van der Waals surface area contributed by atoms with E-state index in [9.17, 15) is 0 Å². The lowest BCUT2D eigenvalue weighted by Gasteiger charge is -2.25. The Labute approximate surface area is 134 Å². The lowest BCUT2D eigenvalue weighted by molar-refractivity contribution is 0.188. The lowest BCUT2D eigenvalue weighted by atomic mass is 10.0. The Bertz CT molecular complexity index is 572. The van der Waals surface area contributed by atoms with Crippen LogP contribution in [-0.4, -0.2) is 12.1 Å². The molecule has 2 rings (SSSR count). The summed E-state index contributed by atoms with van der Waals surface area (Å²) in [7, 11) is 0. The highest BCUT2D eigenvalue weighted by atomic mass is 16.5. The first kappa shape index (κ1) is 16.6. The van der Waals surface area contributed by atoms with Crippen molar-refractivity contribution >= 4 is 0 Å². The summed E-state index contributed by atoms with van der Waals surface area (Å²) in [5.74, 6) is 0.965. The molecule has 1 unspecified atom stereocenters. The van der Waals surface area contributed by atoms with Gasteiger partial charge in [-0.25, -0.2) is 0 Å². The molecule has 2 aromatic carbocycles. The average molecular weight is 297 g/mol. The Morgan fingerprint density at radius 1 is 0.955 bits per heavy atom. The zero-order valence-electron chi connectivity index (χ0n) is 14.1. The minimum absolute atomic E-state index is 0.0668. The van der Waals surface area contributed by atoms with Crippen LogP contribution >= 0.6 is 0 Å². The van der Waals surface area contributed by atoms with Crippen LogP contribution in [0.25, 0.3) is 0 Å². The summed E-state index contributed by atoms with van der Waals surface area (Å²) in [6.07, 6.45) is 1.01. The molecule has 1 atom stereocenters. The second kappa shape index (κ2) is 7.46. The quantitative estimate of drug-likeness (QED) is 0.819. The first-order valence-electron chi connectivity index (χ1n) is 7.98. The average Bonchev–Trinajstić information content (AvgIpc) is 2.48. The van der Waals surface area contributed by atoms with E-state index in [0.717, 1.165) is 18.7 Å². The highest BCUT2D eigenvalue weighted by molar-refractivity contribution is 5.33. The van der Waals surface area contributed by atoms with E-state index in [1.54, 1.807) is 0 Å². The van der Waals surface area contributed by atoms with E-state index < -0.39 is 0 Å². The van der Waals surface area contributed by atoms with Gasteiger partial charge in [0.25, 0.3) is 0 Å². The molecule has 0 saturated heterocycles. The zero-order chi connectivity index (χ0) is 16.0. The number of nitrogens with one attached hydrogen (secondary N) is 1. The van der Waals surface area contributed by atoms with Crippen molar-refractivity contribution in [1.29, 1.82) is 0 Å². The second-order valence-corrected chi connectivity index (χ2v) is 6.75. The highest BCUT2D eigenvalue weighted by Crippen LogP contribution is 2.27. The maximum absolute atomic E-state index is 6.31. The Hall–Kier alpha value is -1.80. The third-order valence-corrected chi connectivity index (χ3v) is 3.60. The molecule has 0 aliphatic rings. The summed E-state index contributed by atoms with van der Waals surface area (Å²) in [5.41, 5.74) is 2.53. The third-order valence-electron chi connectivity index (χ3n) is 3.60. The summed E-state index contributed by atoms with van der Waals surface area (Å²) >= 11 is 0. The van der Waals surface area contributed by atoms with Gasteiger partial charge in [0.1, 0.15) is 11.9 Å². The molecule has 0 bridgehead atoms. The lowest BCUT2D eigenvalue weighted by Crippen LogP contribution is -2.37. The van der Waals surface area contributed by atoms with Crippen LogP contribution in [0, 0.1) is 6.92 Å². The molecule has 0 aliphatic carbocycles. The molecule has 0 spiro atoms. The summed E-state index contributed by atoms with van der Waals surface area (Å²) in [6.45, 7) is 9.58. The molecular formula is C20H27NO. The van der Waals surface area contributed by atoms with Gasteiger partial charge < -0.3 is 10.1 Å². The molecule has 2 aromatic rings. The highest BCUT2D eigenvalue weighted by Gasteiger charge is 2.16. The van der Waals surface area contributed by atoms with Crippen molar-refractivity contribution in [3.8, 4) is 5.75 Å². The standard InChI is InChI=1S/C20H27NO/c1-16-10-8-9-13-18(16)22-19(14-15-21-20(2,3)4)17-11-6-5-7-12-17/h5-13,19,21H,14-15H2,1-4H3. The topological polar surface area (TPSA) is 21.3 Å². The summed E-state index contributed by atoms with van der Waals surface area (Å²) in [6, 6.07) is 18.7. The van der Waals surface area contributed by atoms with Gasteiger partial charge in [0, 0.05) is 12.0 Å². The van der Waals surface area contributed by atoms with Gasteiger partial charge in [-0.2, -0.15) is 0 Å². The van der Waals surface area contributed by atoms with Crippen LogP contribution < -0.4 is 10.1 Å². The fourth-order valence-corrected chi connectivity index (χ4v) is 2.38. The smallest absolute Gasteiger partial charge is 0.125 e. The number of hydrogen-bond donors (Lipinski definition) is 1. The third kappa shape index (κ3) is 5.19. The van der Waals surface area contributed by atoms with Crippen molar-refractivity contribution in [2.24, 2.45) is 0 Å². The number of benzene rings is 2. The van der Waals surface area contributed by atoms with Gasteiger partial charge in [0.2, 0.25) is 0 Å². The summed E-state index contributed by atoms with van der Waals surface area (Å²) in [5, 5.41) is 3.54. The SMILES string of the molecule is Cc1ccccc1OC(CCNC(C)(C)C)c1ccccc1. The monoisotopic (exact) mass is 297 g/mol. The molecule has 0 radical (unpaired) electrons. The summed E-state index contributed by atoms with van der Waals surface area (Å²) in [4.78, 5) is 0. The molecule has 2 nitrogen and oxygen atoms in total. The maximum Gasteiger partial charge on any atom is 0.125 e. The van der Waals surface area contributed by atoms with Gasteiger partial charge >= 0.3 is 0 Å². The first-order chi connectivity index (χ1) is 10.5. The predicted octanol–water partition coefficient (Wildman–Crippen LogP) is 4.89. The van der Waals surface area contributed by atoms with Crippen molar-refractivity contribution in [2.75, 3.05) is 6.54 Å². The fraction of sp³-hybridized carbons (Fsp3) is 0.400. The van der Waals surface area contributed by atoms with Gasteiger partial charge in [0.05, 0.1) is 0 Å². The molecule has 1 N–H and O–H groups in total. The molecule has 0 amide bonds. The summed E-state index contributed by atoms with van der Waals surface area (Å²) < 4.78 is 6.31. The van der Waals surface area contributed by atoms with E-state index in [4.69, 9.17) is 4.74 Å². The van der Waals surface area contributed by atoms with Gasteiger partial charge in [-0.1, -0.05) is 48.5 Å². The Morgan fingerprint density at radius 2 is 1.59 bits per heavy atom. The normalized spacial score (nSPS) is 12.9. The predicted molar refractivity (Wildman–Crippen MR) is 93.4 cm³/mol. The van der Waals surface area contributed by atoms with Gasteiger partial charge in [-0.15, -0.1) is 0 Å². The van der Waals surface area contributed by atoms with Crippen molar-refractivity contribution in [3.63, 3.8) is 0 Å². The Kier molecular flexibility index (Phi) is 5.62. The van der Waals surface area contributed by atoms with Crippen LogP contribution in [0.5, 0.6) is 5.75 Å². The van der Waals surface area contributed by atoms with Crippen molar-refractivity contribution < 1.29 is 4.74 Å². The number of para-hydroxylation sites is 1. The largest absolute Gasteiger partial charge is 0.485 e. The Morgan fingerprint density at radius 3 is 2.23 bits per heavy atom. The minimum Gasteiger partial charge on any atom is -0.485 e. The molecule has 0 aliphatic heterocycles. The van der Waals surface area contributed by atoms with Crippen molar-refractivity contribution in [3.05, 3.63) is 65.7 Å². The van der Waals surface area contributed by atoms with Crippen molar-refractivity contribution in [1.82, 2.24) is 5.32 Å². The molecule has 0 fully saturated rings. The second-order valence-electron chi connectivity index (χ2n) is 6.75. The van der Waals surface area contributed by atoms with E-state index in [-0.39, 0.29) is 11.6 Å².